The summed E-state index contributed by atoms with van der Waals surface area (Å²) in [7, 11) is -1.84. The fraction of sp³-hybridized carbons (Fsp3) is 0.500. The summed E-state index contributed by atoms with van der Waals surface area (Å²) in [6, 6.07) is 11.3. The number of allylic oxidation sites excluding steroid dienone is 4. The van der Waals surface area contributed by atoms with Gasteiger partial charge in [-0.2, -0.15) is 0 Å². The third-order valence-electron chi connectivity index (χ3n) is 6.60. The van der Waals surface area contributed by atoms with Gasteiger partial charge in [-0.15, -0.1) is 0 Å². The molecule has 138 valence electrons. The second kappa shape index (κ2) is 9.13. The molecule has 0 N–H and O–H groups in total. The minimum Gasteiger partial charge on any atom is -1.00 e. The summed E-state index contributed by atoms with van der Waals surface area (Å²) in [5.41, 5.74) is 4.62. The zero-order valence-corrected chi connectivity index (χ0v) is 21.3. The van der Waals surface area contributed by atoms with Gasteiger partial charge in [0, 0.05) is 0 Å². The maximum atomic E-state index is 2.60. The molecule has 5 heteroatoms. The van der Waals surface area contributed by atoms with Gasteiger partial charge in [-0.25, -0.2) is 0 Å². The smallest absolute Gasteiger partial charge is 1.00 e. The monoisotopic (exact) mass is 450 g/mol. The zero-order chi connectivity index (χ0) is 16.9. The Balaban J connectivity index is 0. The largest absolute Gasteiger partial charge is 1.00 e. The Morgan fingerprint density at radius 1 is 0.880 bits per heavy atom. The predicted molar refractivity (Wildman–Crippen MR) is 96.9 cm³/mol. The van der Waals surface area contributed by atoms with E-state index in [9.17, 15) is 0 Å². The van der Waals surface area contributed by atoms with Gasteiger partial charge in [0.25, 0.3) is 0 Å². The molecule has 0 nitrogen and oxygen atoms in total. The Morgan fingerprint density at radius 3 is 1.64 bits per heavy atom. The summed E-state index contributed by atoms with van der Waals surface area (Å²) >= 11 is 2.37. The summed E-state index contributed by atoms with van der Waals surface area (Å²) in [5.74, 6) is 0. The molecule has 2 rings (SSSR count). The molecule has 0 saturated carbocycles. The van der Waals surface area contributed by atoms with Gasteiger partial charge in [-0.05, 0) is 0 Å². The van der Waals surface area contributed by atoms with Crippen LogP contribution in [0.25, 0.3) is 0 Å². The minimum absolute atomic E-state index is 0. The molecule has 1 aromatic carbocycles. The molecule has 2 atom stereocenters. The summed E-state index contributed by atoms with van der Waals surface area (Å²) in [6.07, 6.45) is 0. The molecule has 1 aliphatic rings. The molecule has 0 radical (unpaired) electrons. The first-order valence-electron chi connectivity index (χ1n) is 8.16. The van der Waals surface area contributed by atoms with Crippen LogP contribution in [-0.2, 0) is 20.4 Å². The van der Waals surface area contributed by atoms with Crippen molar-refractivity contribution < 1.29 is 57.7 Å². The van der Waals surface area contributed by atoms with E-state index >= 15 is 0 Å². The second-order valence-corrected chi connectivity index (χ2v) is 14.2. The van der Waals surface area contributed by atoms with E-state index in [4.69, 9.17) is 0 Å². The summed E-state index contributed by atoms with van der Waals surface area (Å²) < 4.78 is 1.59. The first-order valence-corrected chi connectivity index (χ1v) is 11.4. The third-order valence-corrected chi connectivity index (χ3v) is 15.5. The summed E-state index contributed by atoms with van der Waals surface area (Å²) in [4.78, 5) is 0. The van der Waals surface area contributed by atoms with E-state index in [0.717, 1.165) is 0 Å². The molecule has 0 aromatic heterocycles. The molecule has 0 fully saturated rings. The van der Waals surface area contributed by atoms with Crippen molar-refractivity contribution >= 4 is 13.3 Å². The molecule has 0 heterocycles. The normalized spacial score (nSPS) is 22.6. The van der Waals surface area contributed by atoms with Crippen LogP contribution in [0.15, 0.2) is 50.9 Å². The van der Waals surface area contributed by atoms with Crippen LogP contribution in [0.1, 0.15) is 48.5 Å². The first-order chi connectivity index (χ1) is 9.99. The number of hydrogen-bond donors (Lipinski definition) is 0. The molecule has 0 bridgehead atoms. The van der Waals surface area contributed by atoms with E-state index in [1.165, 1.54) is 11.1 Å². The molecule has 0 aliphatic heterocycles. The number of rotatable bonds is 2. The van der Waals surface area contributed by atoms with E-state index in [1.54, 1.807) is 14.6 Å². The van der Waals surface area contributed by atoms with Gasteiger partial charge in [-0.3, -0.25) is 0 Å². The van der Waals surface area contributed by atoms with E-state index in [1.807, 2.05) is 0 Å². The number of benzene rings is 1. The van der Waals surface area contributed by atoms with E-state index in [-0.39, 0.29) is 47.3 Å². The third kappa shape index (κ3) is 3.89. The number of hydrogen-bond acceptors (Lipinski definition) is 0. The van der Waals surface area contributed by atoms with Crippen molar-refractivity contribution in [1.82, 2.24) is 0 Å². The molecule has 1 aliphatic carbocycles. The van der Waals surface area contributed by atoms with Crippen LogP contribution < -0.4 is 42.4 Å². The van der Waals surface area contributed by atoms with Gasteiger partial charge < -0.3 is 37.2 Å². The Bertz CT molecular complexity index is 635. The van der Waals surface area contributed by atoms with Gasteiger partial charge in [-0.1, -0.05) is 0 Å². The number of halogens is 3. The predicted octanol–water partition coefficient (Wildman–Crippen LogP) is -3.28. The van der Waals surface area contributed by atoms with Gasteiger partial charge in [0.1, 0.15) is 0 Å². The Kier molecular flexibility index (Phi) is 10.1. The van der Waals surface area contributed by atoms with Crippen molar-refractivity contribution in [2.24, 2.45) is 0 Å². The van der Waals surface area contributed by atoms with Crippen LogP contribution in [-0.4, -0.2) is 8.07 Å². The molecule has 0 spiro atoms. The maximum absolute atomic E-state index is 2.60. The summed E-state index contributed by atoms with van der Waals surface area (Å²) in [6.45, 7) is 19.4. The molecule has 0 amide bonds. The van der Waals surface area contributed by atoms with Crippen molar-refractivity contribution in [3.8, 4) is 0 Å². The molecular formula is C20H29Cl3SiTi. The zero-order valence-electron chi connectivity index (χ0n) is 16.5. The maximum Gasteiger partial charge on any atom is -1.00 e. The van der Waals surface area contributed by atoms with Gasteiger partial charge >= 0.3 is 150 Å². The second-order valence-electron chi connectivity index (χ2n) is 8.12. The molecule has 25 heavy (non-hydrogen) atoms. The van der Waals surface area contributed by atoms with Crippen molar-refractivity contribution in [1.29, 1.82) is 0 Å². The fourth-order valence-corrected chi connectivity index (χ4v) is 11.5. The summed E-state index contributed by atoms with van der Waals surface area (Å²) in [5, 5.41) is 2.06. The van der Waals surface area contributed by atoms with Crippen molar-refractivity contribution in [2.75, 3.05) is 0 Å². The van der Waals surface area contributed by atoms with Crippen LogP contribution in [0.2, 0.25) is 16.6 Å². The SMILES string of the molecule is CC1=C(C)C(C)([Si](C)(c2ccccc2)C(C)(C)C)[C]([Ti+3])=C1C.[Cl-].[Cl-].[Cl-]. The standard InChI is InChI=1S/C20H29Si.3ClH.Ti/c1-15-14-20(7,17(3)16(15)2)21(8,19(4,5)6)18-12-10-9-11-13-18;;;;/h9-13H,1-8H3;3*1H;/q;;;;+3/p-3. The van der Waals surface area contributed by atoms with E-state index in [0.29, 0.717) is 0 Å². The fourth-order valence-electron chi connectivity index (χ4n) is 4.27. The molecule has 2 unspecified atom stereocenters. The van der Waals surface area contributed by atoms with Crippen molar-refractivity contribution in [3.05, 3.63) is 50.9 Å². The molecular weight excluding hydrogens is 423 g/mol. The average molecular weight is 452 g/mol. The van der Waals surface area contributed by atoms with Gasteiger partial charge in [0.2, 0.25) is 0 Å². The van der Waals surface area contributed by atoms with E-state index < -0.39 is 8.07 Å². The quantitative estimate of drug-likeness (QED) is 0.414. The van der Waals surface area contributed by atoms with Crippen LogP contribution in [0.5, 0.6) is 0 Å². The average Bonchev–Trinajstić information content (AvgIpc) is 2.62. The van der Waals surface area contributed by atoms with Crippen molar-refractivity contribution in [3.63, 3.8) is 0 Å². The minimum atomic E-state index is -1.84. The topological polar surface area (TPSA) is 0 Å². The van der Waals surface area contributed by atoms with Gasteiger partial charge in [0.15, 0.2) is 0 Å². The Hall–Kier alpha value is 0.501. The first kappa shape index (κ1) is 27.7. The van der Waals surface area contributed by atoms with Crippen LogP contribution >= 0.6 is 0 Å². The molecule has 1 aromatic rings. The Labute approximate surface area is 186 Å². The van der Waals surface area contributed by atoms with Crippen LogP contribution in [0, 0.1) is 0 Å². The van der Waals surface area contributed by atoms with Crippen LogP contribution in [0.4, 0.5) is 0 Å². The Morgan fingerprint density at radius 2 is 1.32 bits per heavy atom. The van der Waals surface area contributed by atoms with Crippen molar-refractivity contribution in [2.45, 2.75) is 65.1 Å². The van der Waals surface area contributed by atoms with Crippen LogP contribution in [0.3, 0.4) is 0 Å². The van der Waals surface area contributed by atoms with E-state index in [2.05, 4.69) is 106 Å². The molecule has 0 saturated heterocycles. The van der Waals surface area contributed by atoms with Gasteiger partial charge in [0.05, 0.1) is 0 Å².